The molecule has 2 aromatic carbocycles. The quantitative estimate of drug-likeness (QED) is 0.749. The Morgan fingerprint density at radius 3 is 2.50 bits per heavy atom. The molecule has 1 aromatic heterocycles. The molecule has 0 spiro atoms. The minimum absolute atomic E-state index is 0.0268. The summed E-state index contributed by atoms with van der Waals surface area (Å²) < 4.78 is 0. The average Bonchev–Trinajstić information content (AvgIpc) is 2.73. The third kappa shape index (κ3) is 3.83. The van der Waals surface area contributed by atoms with Gasteiger partial charge >= 0.3 is 0 Å². The summed E-state index contributed by atoms with van der Waals surface area (Å²) in [6, 6.07) is 20.2. The summed E-state index contributed by atoms with van der Waals surface area (Å²) in [6.07, 6.45) is 2.57. The number of aromatic nitrogens is 1. The molecule has 1 N–H and O–H groups in total. The van der Waals surface area contributed by atoms with Gasteiger partial charge in [-0.25, -0.2) is 0 Å². The first-order valence-electron chi connectivity index (χ1n) is 9.47. The maximum absolute atomic E-state index is 13.0. The predicted molar refractivity (Wildman–Crippen MR) is 113 cm³/mol. The first-order valence-corrected chi connectivity index (χ1v) is 9.47. The molecule has 4 rings (SSSR count). The van der Waals surface area contributed by atoms with E-state index in [4.69, 9.17) is 0 Å². The molecule has 0 bridgehead atoms. The average molecular weight is 372 g/mol. The number of carbonyl (C=O) groups is 1. The summed E-state index contributed by atoms with van der Waals surface area (Å²) in [4.78, 5) is 21.2. The fourth-order valence-electron chi connectivity index (χ4n) is 3.47. The van der Waals surface area contributed by atoms with Crippen LogP contribution in [0, 0.1) is 0 Å². The lowest BCUT2D eigenvalue weighted by Crippen LogP contribution is -2.36. The third-order valence-corrected chi connectivity index (χ3v) is 5.07. The molecule has 5 nitrogen and oxygen atoms in total. The molecule has 0 unspecified atom stereocenters. The molecule has 0 radical (unpaired) electrons. The number of hydrogen-bond donors (Lipinski definition) is 1. The molecule has 5 heteroatoms. The van der Waals surface area contributed by atoms with E-state index >= 15 is 0 Å². The van der Waals surface area contributed by atoms with Gasteiger partial charge in [-0.2, -0.15) is 0 Å². The minimum atomic E-state index is -0.0268. The highest BCUT2D eigenvalue weighted by Gasteiger charge is 2.22. The Morgan fingerprint density at radius 1 is 1.00 bits per heavy atom. The van der Waals surface area contributed by atoms with Crippen LogP contribution in [0.5, 0.6) is 0 Å². The number of fused-ring (bicyclic) bond motifs is 1. The molecular weight excluding hydrogens is 348 g/mol. The minimum Gasteiger partial charge on any atom is -0.378 e. The van der Waals surface area contributed by atoms with Crippen LogP contribution in [-0.4, -0.2) is 36.4 Å². The highest BCUT2D eigenvalue weighted by molar-refractivity contribution is 5.93. The van der Waals surface area contributed by atoms with Crippen LogP contribution < -0.4 is 10.2 Å². The van der Waals surface area contributed by atoms with E-state index in [1.807, 2.05) is 49.3 Å². The number of benzene rings is 2. The topological polar surface area (TPSA) is 48.5 Å². The second-order valence-electron chi connectivity index (χ2n) is 7.24. The van der Waals surface area contributed by atoms with Gasteiger partial charge in [0.15, 0.2) is 0 Å². The van der Waals surface area contributed by atoms with Gasteiger partial charge in [0.05, 0.1) is 0 Å². The van der Waals surface area contributed by atoms with Crippen LogP contribution >= 0.6 is 0 Å². The Balaban J connectivity index is 1.48. The van der Waals surface area contributed by atoms with E-state index in [1.54, 1.807) is 6.20 Å². The molecule has 1 aliphatic heterocycles. The smallest absolute Gasteiger partial charge is 0.272 e. The zero-order valence-electron chi connectivity index (χ0n) is 16.2. The van der Waals surface area contributed by atoms with Crippen molar-refractivity contribution in [3.05, 3.63) is 83.7 Å². The van der Waals surface area contributed by atoms with Crippen molar-refractivity contribution < 1.29 is 4.79 Å². The standard InChI is InChI=1S/C23H24N4O/c1-26(2)21-9-7-19(8-10-21)25-20-11-13-24-22(15-20)23(28)27-14-12-17-5-3-4-6-18(17)16-27/h3-11,13,15H,12,14,16H2,1-2H3,(H,24,25). The number of carbonyl (C=O) groups excluding carboxylic acids is 1. The molecule has 2 heterocycles. The Bertz CT molecular complexity index is 982. The van der Waals surface area contributed by atoms with Gasteiger partial charge in [0.2, 0.25) is 0 Å². The molecule has 1 amide bonds. The lowest BCUT2D eigenvalue weighted by atomic mass is 10.00. The molecule has 0 fully saturated rings. The molecule has 3 aromatic rings. The van der Waals surface area contributed by atoms with Crippen LogP contribution in [0.2, 0.25) is 0 Å². The van der Waals surface area contributed by atoms with Crippen LogP contribution in [0.25, 0.3) is 0 Å². The summed E-state index contributed by atoms with van der Waals surface area (Å²) >= 11 is 0. The zero-order valence-corrected chi connectivity index (χ0v) is 16.2. The first-order chi connectivity index (χ1) is 13.6. The summed E-state index contributed by atoms with van der Waals surface area (Å²) in [5.41, 5.74) is 5.99. The summed E-state index contributed by atoms with van der Waals surface area (Å²) in [7, 11) is 4.03. The highest BCUT2D eigenvalue weighted by atomic mass is 16.2. The number of anilines is 3. The van der Waals surface area contributed by atoms with Crippen molar-refractivity contribution in [2.45, 2.75) is 13.0 Å². The number of nitrogens with zero attached hydrogens (tertiary/aromatic N) is 3. The molecule has 142 valence electrons. The molecule has 28 heavy (non-hydrogen) atoms. The fourth-order valence-corrected chi connectivity index (χ4v) is 3.47. The van der Waals surface area contributed by atoms with Gasteiger partial charge in [-0.15, -0.1) is 0 Å². The van der Waals surface area contributed by atoms with E-state index in [0.717, 1.165) is 30.0 Å². The molecule has 0 saturated heterocycles. The van der Waals surface area contributed by atoms with Gasteiger partial charge in [0.1, 0.15) is 5.69 Å². The van der Waals surface area contributed by atoms with Crippen molar-refractivity contribution in [1.29, 1.82) is 0 Å². The number of pyridine rings is 1. The number of rotatable bonds is 4. The third-order valence-electron chi connectivity index (χ3n) is 5.07. The van der Waals surface area contributed by atoms with Gasteiger partial charge in [-0.3, -0.25) is 9.78 Å². The van der Waals surface area contributed by atoms with Crippen LogP contribution in [0.1, 0.15) is 21.6 Å². The van der Waals surface area contributed by atoms with Crippen LogP contribution in [0.15, 0.2) is 66.9 Å². The van der Waals surface area contributed by atoms with Gasteiger partial charge in [-0.05, 0) is 53.9 Å². The second kappa shape index (κ2) is 7.72. The molecule has 0 aliphatic carbocycles. The lowest BCUT2D eigenvalue weighted by molar-refractivity contribution is 0.0729. The SMILES string of the molecule is CN(C)c1ccc(Nc2ccnc(C(=O)N3CCc4ccccc4C3)c2)cc1. The summed E-state index contributed by atoms with van der Waals surface area (Å²) in [6.45, 7) is 1.36. The molecular formula is C23H24N4O. The number of amides is 1. The second-order valence-corrected chi connectivity index (χ2v) is 7.24. The normalized spacial score (nSPS) is 13.0. The van der Waals surface area contributed by atoms with E-state index in [0.29, 0.717) is 12.2 Å². The summed E-state index contributed by atoms with van der Waals surface area (Å²) in [5, 5.41) is 3.35. The lowest BCUT2D eigenvalue weighted by Gasteiger charge is -2.28. The maximum Gasteiger partial charge on any atom is 0.272 e. The summed E-state index contributed by atoms with van der Waals surface area (Å²) in [5.74, 6) is -0.0268. The fraction of sp³-hybridized carbons (Fsp3) is 0.217. The molecule has 0 saturated carbocycles. The highest BCUT2D eigenvalue weighted by Crippen LogP contribution is 2.23. The molecule has 1 aliphatic rings. The van der Waals surface area contributed by atoms with Crippen molar-refractivity contribution in [3.8, 4) is 0 Å². The Kier molecular flexibility index (Phi) is 4.98. The largest absolute Gasteiger partial charge is 0.378 e. The first kappa shape index (κ1) is 18.0. The van der Waals surface area contributed by atoms with E-state index in [-0.39, 0.29) is 5.91 Å². The van der Waals surface area contributed by atoms with Gasteiger partial charge < -0.3 is 15.1 Å². The van der Waals surface area contributed by atoms with E-state index in [9.17, 15) is 4.79 Å². The van der Waals surface area contributed by atoms with E-state index in [2.05, 4.69) is 45.5 Å². The van der Waals surface area contributed by atoms with Crippen molar-refractivity contribution in [2.24, 2.45) is 0 Å². The predicted octanol–water partition coefficient (Wildman–Crippen LogP) is 4.09. The van der Waals surface area contributed by atoms with Crippen LogP contribution in [0.3, 0.4) is 0 Å². The monoisotopic (exact) mass is 372 g/mol. The van der Waals surface area contributed by atoms with Gasteiger partial charge in [0.25, 0.3) is 5.91 Å². The maximum atomic E-state index is 13.0. The van der Waals surface area contributed by atoms with Crippen molar-refractivity contribution in [1.82, 2.24) is 9.88 Å². The Morgan fingerprint density at radius 2 is 1.75 bits per heavy atom. The Hall–Kier alpha value is -3.34. The number of nitrogens with one attached hydrogen (secondary N) is 1. The van der Waals surface area contributed by atoms with Crippen molar-refractivity contribution >= 4 is 23.0 Å². The number of hydrogen-bond acceptors (Lipinski definition) is 4. The van der Waals surface area contributed by atoms with Crippen molar-refractivity contribution in [2.75, 3.05) is 30.9 Å². The van der Waals surface area contributed by atoms with Crippen molar-refractivity contribution in [3.63, 3.8) is 0 Å². The Labute approximate surface area is 165 Å². The molecule has 0 atom stereocenters. The van der Waals surface area contributed by atoms with Gasteiger partial charge in [0, 0.05) is 50.4 Å². The van der Waals surface area contributed by atoms with E-state index in [1.165, 1.54) is 11.1 Å². The zero-order chi connectivity index (χ0) is 19.5. The van der Waals surface area contributed by atoms with Crippen LogP contribution in [-0.2, 0) is 13.0 Å². The van der Waals surface area contributed by atoms with Crippen LogP contribution in [0.4, 0.5) is 17.1 Å². The van der Waals surface area contributed by atoms with E-state index < -0.39 is 0 Å². The van der Waals surface area contributed by atoms with Gasteiger partial charge in [-0.1, -0.05) is 24.3 Å².